The quantitative estimate of drug-likeness (QED) is 0.869. The number of methoxy groups -OCH3 is 1. The van der Waals surface area contributed by atoms with E-state index in [0.717, 1.165) is 6.42 Å². The maximum Gasteiger partial charge on any atom is 0.0942 e. The molecule has 2 aromatic carbocycles. The molecule has 0 aliphatic carbocycles. The summed E-state index contributed by atoms with van der Waals surface area (Å²) in [6.45, 7) is 2.17. The summed E-state index contributed by atoms with van der Waals surface area (Å²) in [5.41, 5.74) is 3.49. The maximum absolute atomic E-state index is 5.82. The molecule has 0 radical (unpaired) electrons. The molecule has 0 spiro atoms. The highest BCUT2D eigenvalue weighted by atomic mass is 16.5. The summed E-state index contributed by atoms with van der Waals surface area (Å²) in [7, 11) is 1.80. The summed E-state index contributed by atoms with van der Waals surface area (Å²) in [5.74, 6) is 0. The molecule has 1 aliphatic rings. The summed E-state index contributed by atoms with van der Waals surface area (Å²) < 4.78 is 5.82. The average Bonchev–Trinajstić information content (AvgIpc) is 2.48. The van der Waals surface area contributed by atoms with Crippen LogP contribution in [0.15, 0.2) is 54.6 Å². The highest BCUT2D eigenvalue weighted by molar-refractivity contribution is 5.57. The molecule has 0 bridgehead atoms. The molecule has 2 unspecified atom stereocenters. The largest absolute Gasteiger partial charge is 0.378 e. The predicted octanol–water partition coefficient (Wildman–Crippen LogP) is 4.11. The fourth-order valence-electron chi connectivity index (χ4n) is 2.89. The third-order valence-corrected chi connectivity index (χ3v) is 4.07. The van der Waals surface area contributed by atoms with Crippen molar-refractivity contribution in [2.75, 3.05) is 12.4 Å². The molecule has 19 heavy (non-hydrogen) atoms. The van der Waals surface area contributed by atoms with Gasteiger partial charge in [0, 0.05) is 24.8 Å². The second-order valence-electron chi connectivity index (χ2n) is 5.29. The van der Waals surface area contributed by atoms with Gasteiger partial charge < -0.3 is 10.1 Å². The molecule has 0 saturated carbocycles. The summed E-state index contributed by atoms with van der Waals surface area (Å²) >= 11 is 0. The zero-order valence-corrected chi connectivity index (χ0v) is 11.4. The standard InChI is InChI=1S/C17H19NO/c1-17(19-2)12-16(13-8-4-3-5-9-13)18-15-11-7-6-10-14(15)17/h3-11,16,18H,12H2,1-2H3. The van der Waals surface area contributed by atoms with Gasteiger partial charge in [-0.05, 0) is 18.6 Å². The fourth-order valence-corrected chi connectivity index (χ4v) is 2.89. The van der Waals surface area contributed by atoms with E-state index in [2.05, 4.69) is 66.8 Å². The maximum atomic E-state index is 5.82. The lowest BCUT2D eigenvalue weighted by Gasteiger charge is -2.40. The van der Waals surface area contributed by atoms with Gasteiger partial charge in [-0.3, -0.25) is 0 Å². The van der Waals surface area contributed by atoms with Gasteiger partial charge in [0.1, 0.15) is 0 Å². The summed E-state index contributed by atoms with van der Waals surface area (Å²) in [5, 5.41) is 3.62. The monoisotopic (exact) mass is 253 g/mol. The van der Waals surface area contributed by atoms with Gasteiger partial charge >= 0.3 is 0 Å². The molecule has 1 heterocycles. The molecule has 1 N–H and O–H groups in total. The molecule has 0 fully saturated rings. The van der Waals surface area contributed by atoms with Crippen molar-refractivity contribution in [1.82, 2.24) is 0 Å². The Morgan fingerprint density at radius 2 is 1.74 bits per heavy atom. The van der Waals surface area contributed by atoms with Crippen LogP contribution in [-0.4, -0.2) is 7.11 Å². The van der Waals surface area contributed by atoms with Crippen LogP contribution in [0.25, 0.3) is 0 Å². The molecule has 2 heteroatoms. The summed E-state index contributed by atoms with van der Waals surface area (Å²) in [6.07, 6.45) is 0.935. The molecule has 0 aromatic heterocycles. The molecule has 98 valence electrons. The topological polar surface area (TPSA) is 21.3 Å². The van der Waals surface area contributed by atoms with Crippen molar-refractivity contribution in [3.8, 4) is 0 Å². The number of fused-ring (bicyclic) bond motifs is 1. The zero-order chi connectivity index (χ0) is 13.3. The lowest BCUT2D eigenvalue weighted by Crippen LogP contribution is -2.35. The van der Waals surface area contributed by atoms with Crippen molar-refractivity contribution < 1.29 is 4.74 Å². The molecule has 2 nitrogen and oxygen atoms in total. The highest BCUT2D eigenvalue weighted by Crippen LogP contribution is 2.44. The predicted molar refractivity (Wildman–Crippen MR) is 78.2 cm³/mol. The number of benzene rings is 2. The van der Waals surface area contributed by atoms with E-state index in [-0.39, 0.29) is 5.60 Å². The Bertz CT molecular complexity index is 566. The Morgan fingerprint density at radius 3 is 2.47 bits per heavy atom. The van der Waals surface area contributed by atoms with E-state index >= 15 is 0 Å². The third kappa shape index (κ3) is 2.13. The number of para-hydroxylation sites is 1. The first-order chi connectivity index (χ1) is 9.23. The van der Waals surface area contributed by atoms with Gasteiger partial charge in [0.2, 0.25) is 0 Å². The lowest BCUT2D eigenvalue weighted by molar-refractivity contribution is -0.0125. The molecule has 0 saturated heterocycles. The third-order valence-electron chi connectivity index (χ3n) is 4.07. The molecule has 0 amide bonds. The van der Waals surface area contributed by atoms with Crippen LogP contribution in [0.5, 0.6) is 0 Å². The average molecular weight is 253 g/mol. The van der Waals surface area contributed by atoms with Crippen molar-refractivity contribution >= 4 is 5.69 Å². The van der Waals surface area contributed by atoms with Gasteiger partial charge in [0.05, 0.1) is 11.6 Å². The first kappa shape index (κ1) is 12.2. The van der Waals surface area contributed by atoms with Crippen molar-refractivity contribution in [2.24, 2.45) is 0 Å². The van der Waals surface area contributed by atoms with Crippen molar-refractivity contribution in [3.63, 3.8) is 0 Å². The van der Waals surface area contributed by atoms with Gasteiger partial charge in [-0.2, -0.15) is 0 Å². The number of ether oxygens (including phenoxy) is 1. The van der Waals surface area contributed by atoms with E-state index in [4.69, 9.17) is 4.74 Å². The van der Waals surface area contributed by atoms with Crippen LogP contribution in [0, 0.1) is 0 Å². The zero-order valence-electron chi connectivity index (χ0n) is 11.4. The summed E-state index contributed by atoms with van der Waals surface area (Å²) in [6, 6.07) is 19.3. The van der Waals surface area contributed by atoms with Crippen molar-refractivity contribution in [1.29, 1.82) is 0 Å². The van der Waals surface area contributed by atoms with Crippen LogP contribution in [0.3, 0.4) is 0 Å². The Balaban J connectivity index is 2.02. The highest BCUT2D eigenvalue weighted by Gasteiger charge is 2.36. The lowest BCUT2D eigenvalue weighted by atomic mass is 9.82. The van der Waals surface area contributed by atoms with Crippen LogP contribution in [0.4, 0.5) is 5.69 Å². The minimum absolute atomic E-state index is 0.234. The molecule has 2 atom stereocenters. The first-order valence-electron chi connectivity index (χ1n) is 6.69. The van der Waals surface area contributed by atoms with Crippen molar-refractivity contribution in [3.05, 3.63) is 65.7 Å². The Morgan fingerprint density at radius 1 is 1.05 bits per heavy atom. The van der Waals surface area contributed by atoms with Crippen LogP contribution in [0.2, 0.25) is 0 Å². The molecule has 1 aliphatic heterocycles. The van der Waals surface area contributed by atoms with Crippen LogP contribution < -0.4 is 5.32 Å². The number of nitrogens with one attached hydrogen (secondary N) is 1. The SMILES string of the molecule is COC1(C)CC(c2ccccc2)Nc2ccccc21. The van der Waals surface area contributed by atoms with E-state index in [9.17, 15) is 0 Å². The van der Waals surface area contributed by atoms with Gasteiger partial charge in [-0.25, -0.2) is 0 Å². The smallest absolute Gasteiger partial charge is 0.0942 e. The normalized spacial score (nSPS) is 25.5. The van der Waals surface area contributed by atoms with E-state index in [1.165, 1.54) is 16.8 Å². The van der Waals surface area contributed by atoms with Gasteiger partial charge in [-0.1, -0.05) is 48.5 Å². The Hall–Kier alpha value is -1.80. The molecular formula is C17H19NO. The second-order valence-corrected chi connectivity index (χ2v) is 5.29. The Kier molecular flexibility index (Phi) is 3.03. The van der Waals surface area contributed by atoms with Gasteiger partial charge in [0.25, 0.3) is 0 Å². The number of hydrogen-bond acceptors (Lipinski definition) is 2. The minimum atomic E-state index is -0.234. The first-order valence-corrected chi connectivity index (χ1v) is 6.69. The minimum Gasteiger partial charge on any atom is -0.378 e. The molecular weight excluding hydrogens is 234 g/mol. The van der Waals surface area contributed by atoms with Gasteiger partial charge in [0.15, 0.2) is 0 Å². The molecule has 3 rings (SSSR count). The van der Waals surface area contributed by atoms with Crippen LogP contribution >= 0.6 is 0 Å². The van der Waals surface area contributed by atoms with Crippen LogP contribution in [0.1, 0.15) is 30.5 Å². The Labute approximate surface area is 114 Å². The van der Waals surface area contributed by atoms with Gasteiger partial charge in [-0.15, -0.1) is 0 Å². The van der Waals surface area contributed by atoms with Crippen molar-refractivity contribution in [2.45, 2.75) is 25.0 Å². The number of hydrogen-bond donors (Lipinski definition) is 1. The number of anilines is 1. The van der Waals surface area contributed by atoms with E-state index in [1.54, 1.807) is 7.11 Å². The fraction of sp³-hybridized carbons (Fsp3) is 0.294. The molecule has 2 aromatic rings. The number of rotatable bonds is 2. The van der Waals surface area contributed by atoms with E-state index in [1.807, 2.05) is 0 Å². The second kappa shape index (κ2) is 4.71. The summed E-state index contributed by atoms with van der Waals surface area (Å²) in [4.78, 5) is 0. The van der Waals surface area contributed by atoms with E-state index in [0.29, 0.717) is 6.04 Å². The van der Waals surface area contributed by atoms with E-state index < -0.39 is 0 Å². The van der Waals surface area contributed by atoms with Crippen LogP contribution in [-0.2, 0) is 10.3 Å².